The number of carbonyl (C=O) groups is 1. The molecular formula is C17H19ClN2OS. The van der Waals surface area contributed by atoms with Crippen molar-refractivity contribution in [1.29, 1.82) is 0 Å². The van der Waals surface area contributed by atoms with E-state index in [1.807, 2.05) is 35.6 Å². The first-order valence-electron chi connectivity index (χ1n) is 7.45. The maximum absolute atomic E-state index is 12.2. The summed E-state index contributed by atoms with van der Waals surface area (Å²) in [7, 11) is 0. The van der Waals surface area contributed by atoms with E-state index in [4.69, 9.17) is 11.6 Å². The van der Waals surface area contributed by atoms with Gasteiger partial charge in [-0.25, -0.2) is 0 Å². The summed E-state index contributed by atoms with van der Waals surface area (Å²) >= 11 is 7.68. The molecule has 0 saturated heterocycles. The standard InChI is InChI=1S/C17H19ClN2OS/c1-12-15-7-9-22-16(15)6-8-20(12)11-17(21)19-10-13-2-4-14(18)5-3-13/h2-5,7,9,12H,6,8,10-11H2,1H3,(H,19,21). The normalized spacial score (nSPS) is 18.0. The van der Waals surface area contributed by atoms with Crippen molar-refractivity contribution in [3.8, 4) is 0 Å². The Balaban J connectivity index is 1.53. The molecule has 1 N–H and O–H groups in total. The van der Waals surface area contributed by atoms with Crippen molar-refractivity contribution in [3.05, 3.63) is 56.7 Å². The van der Waals surface area contributed by atoms with E-state index in [0.717, 1.165) is 18.5 Å². The molecule has 1 aliphatic rings. The number of hydrogen-bond acceptors (Lipinski definition) is 3. The van der Waals surface area contributed by atoms with Crippen LogP contribution in [0.25, 0.3) is 0 Å². The Labute approximate surface area is 139 Å². The van der Waals surface area contributed by atoms with Gasteiger partial charge < -0.3 is 5.32 Å². The molecule has 22 heavy (non-hydrogen) atoms. The number of thiophene rings is 1. The Kier molecular flexibility index (Phi) is 4.81. The van der Waals surface area contributed by atoms with Crippen LogP contribution < -0.4 is 5.32 Å². The number of benzene rings is 1. The number of rotatable bonds is 4. The molecule has 2 aromatic rings. The molecule has 0 aliphatic carbocycles. The van der Waals surface area contributed by atoms with E-state index in [1.54, 1.807) is 0 Å². The van der Waals surface area contributed by atoms with Crippen LogP contribution >= 0.6 is 22.9 Å². The van der Waals surface area contributed by atoms with Crippen LogP contribution in [0.3, 0.4) is 0 Å². The fourth-order valence-corrected chi connectivity index (χ4v) is 3.91. The Bertz CT molecular complexity index is 653. The number of fused-ring (bicyclic) bond motifs is 1. The molecule has 1 aromatic heterocycles. The summed E-state index contributed by atoms with van der Waals surface area (Å²) in [6, 6.07) is 10.0. The Hall–Kier alpha value is -1.36. The number of halogens is 1. The third kappa shape index (κ3) is 3.51. The molecule has 0 radical (unpaired) electrons. The third-order valence-electron chi connectivity index (χ3n) is 4.15. The van der Waals surface area contributed by atoms with E-state index in [2.05, 4.69) is 28.6 Å². The zero-order chi connectivity index (χ0) is 15.5. The van der Waals surface area contributed by atoms with Crippen molar-refractivity contribution in [1.82, 2.24) is 10.2 Å². The van der Waals surface area contributed by atoms with Crippen LogP contribution in [0.2, 0.25) is 5.02 Å². The van der Waals surface area contributed by atoms with E-state index in [1.165, 1.54) is 10.4 Å². The summed E-state index contributed by atoms with van der Waals surface area (Å²) in [5, 5.41) is 5.84. The van der Waals surface area contributed by atoms with Gasteiger partial charge in [-0.3, -0.25) is 9.69 Å². The molecule has 2 heterocycles. The lowest BCUT2D eigenvalue weighted by atomic mass is 10.0. The van der Waals surface area contributed by atoms with Crippen LogP contribution in [0, 0.1) is 0 Å². The largest absolute Gasteiger partial charge is 0.351 e. The topological polar surface area (TPSA) is 32.3 Å². The van der Waals surface area contributed by atoms with Gasteiger partial charge >= 0.3 is 0 Å². The Morgan fingerprint density at radius 3 is 2.91 bits per heavy atom. The minimum atomic E-state index is 0.0699. The van der Waals surface area contributed by atoms with Crippen molar-refractivity contribution in [2.45, 2.75) is 25.9 Å². The highest BCUT2D eigenvalue weighted by Gasteiger charge is 2.25. The van der Waals surface area contributed by atoms with E-state index < -0.39 is 0 Å². The molecule has 3 rings (SSSR count). The minimum absolute atomic E-state index is 0.0699. The highest BCUT2D eigenvalue weighted by molar-refractivity contribution is 7.10. The van der Waals surface area contributed by atoms with Gasteiger partial charge in [0.15, 0.2) is 0 Å². The molecule has 1 unspecified atom stereocenters. The first kappa shape index (κ1) is 15.5. The maximum atomic E-state index is 12.2. The third-order valence-corrected chi connectivity index (χ3v) is 5.40. The van der Waals surface area contributed by atoms with E-state index in [-0.39, 0.29) is 5.91 Å². The Morgan fingerprint density at radius 1 is 1.36 bits per heavy atom. The van der Waals surface area contributed by atoms with Gasteiger partial charge in [-0.2, -0.15) is 0 Å². The predicted octanol–water partition coefficient (Wildman–Crippen LogP) is 3.64. The smallest absolute Gasteiger partial charge is 0.234 e. The lowest BCUT2D eigenvalue weighted by Crippen LogP contribution is -2.41. The van der Waals surface area contributed by atoms with Gasteiger partial charge in [0.05, 0.1) is 6.54 Å². The SMILES string of the molecule is CC1c2ccsc2CCN1CC(=O)NCc1ccc(Cl)cc1. The first-order chi connectivity index (χ1) is 10.6. The summed E-state index contributed by atoms with van der Waals surface area (Å²) in [6.45, 7) is 4.12. The zero-order valence-corrected chi connectivity index (χ0v) is 14.1. The van der Waals surface area contributed by atoms with Crippen LogP contribution in [0.15, 0.2) is 35.7 Å². The van der Waals surface area contributed by atoms with Gasteiger partial charge in [0.2, 0.25) is 5.91 Å². The number of carbonyl (C=O) groups excluding carboxylic acids is 1. The minimum Gasteiger partial charge on any atom is -0.351 e. The van der Waals surface area contributed by atoms with Crippen molar-refractivity contribution in [2.75, 3.05) is 13.1 Å². The van der Waals surface area contributed by atoms with Gasteiger partial charge in [0.25, 0.3) is 0 Å². The van der Waals surface area contributed by atoms with Crippen molar-refractivity contribution < 1.29 is 4.79 Å². The predicted molar refractivity (Wildman–Crippen MR) is 91.3 cm³/mol. The molecule has 1 amide bonds. The van der Waals surface area contributed by atoms with Crippen molar-refractivity contribution in [3.63, 3.8) is 0 Å². The van der Waals surface area contributed by atoms with Crippen molar-refractivity contribution in [2.24, 2.45) is 0 Å². The van der Waals surface area contributed by atoms with Crippen molar-refractivity contribution >= 4 is 28.8 Å². The molecular weight excluding hydrogens is 316 g/mol. The fourth-order valence-electron chi connectivity index (χ4n) is 2.82. The summed E-state index contributed by atoms with van der Waals surface area (Å²) in [6.07, 6.45) is 1.04. The lowest BCUT2D eigenvalue weighted by molar-refractivity contribution is -0.123. The van der Waals surface area contributed by atoms with E-state index >= 15 is 0 Å². The quantitative estimate of drug-likeness (QED) is 0.925. The van der Waals surface area contributed by atoms with Crippen LogP contribution in [0.1, 0.15) is 29.0 Å². The molecule has 0 spiro atoms. The zero-order valence-electron chi connectivity index (χ0n) is 12.5. The molecule has 5 heteroatoms. The van der Waals surface area contributed by atoms with Crippen LogP contribution in [-0.2, 0) is 17.8 Å². The number of nitrogens with one attached hydrogen (secondary N) is 1. The molecule has 1 atom stereocenters. The summed E-state index contributed by atoms with van der Waals surface area (Å²) in [4.78, 5) is 15.9. The molecule has 0 bridgehead atoms. The summed E-state index contributed by atoms with van der Waals surface area (Å²) < 4.78 is 0. The number of amides is 1. The second kappa shape index (κ2) is 6.82. The van der Waals surface area contributed by atoms with Gasteiger partial charge in [-0.1, -0.05) is 23.7 Å². The molecule has 0 saturated carbocycles. The number of hydrogen-bond donors (Lipinski definition) is 1. The average molecular weight is 335 g/mol. The van der Waals surface area contributed by atoms with Gasteiger partial charge in [-0.15, -0.1) is 11.3 Å². The van der Waals surface area contributed by atoms with E-state index in [9.17, 15) is 4.79 Å². The second-order valence-electron chi connectivity index (χ2n) is 5.60. The molecule has 1 aromatic carbocycles. The highest BCUT2D eigenvalue weighted by Crippen LogP contribution is 2.32. The first-order valence-corrected chi connectivity index (χ1v) is 8.70. The van der Waals surface area contributed by atoms with Gasteiger partial charge in [-0.05, 0) is 48.1 Å². The lowest BCUT2D eigenvalue weighted by Gasteiger charge is -2.32. The fraction of sp³-hybridized carbons (Fsp3) is 0.353. The average Bonchev–Trinajstić information content (AvgIpc) is 2.99. The van der Waals surface area contributed by atoms with E-state index in [0.29, 0.717) is 24.2 Å². The van der Waals surface area contributed by atoms with Gasteiger partial charge in [0, 0.05) is 29.0 Å². The Morgan fingerprint density at radius 2 is 2.14 bits per heavy atom. The monoisotopic (exact) mass is 334 g/mol. The van der Waals surface area contributed by atoms with Crippen LogP contribution in [0.4, 0.5) is 0 Å². The summed E-state index contributed by atoms with van der Waals surface area (Å²) in [5.41, 5.74) is 2.44. The molecule has 3 nitrogen and oxygen atoms in total. The molecule has 1 aliphatic heterocycles. The maximum Gasteiger partial charge on any atom is 0.234 e. The molecule has 0 fully saturated rings. The summed E-state index contributed by atoms with van der Waals surface area (Å²) in [5.74, 6) is 0.0699. The molecule has 116 valence electrons. The van der Waals surface area contributed by atoms with Crippen LogP contribution in [0.5, 0.6) is 0 Å². The highest BCUT2D eigenvalue weighted by atomic mass is 35.5. The van der Waals surface area contributed by atoms with Gasteiger partial charge in [0.1, 0.15) is 0 Å². The second-order valence-corrected chi connectivity index (χ2v) is 7.04. The number of nitrogens with zero attached hydrogens (tertiary/aromatic N) is 1. The van der Waals surface area contributed by atoms with Crippen LogP contribution in [-0.4, -0.2) is 23.9 Å².